The molecule has 1 fully saturated rings. The van der Waals surface area contributed by atoms with E-state index < -0.39 is 11.2 Å². The van der Waals surface area contributed by atoms with E-state index in [1.54, 1.807) is 24.3 Å². The average molecular weight is 422 g/mol. The molecule has 1 amide bonds. The third-order valence-electron chi connectivity index (χ3n) is 6.63. The van der Waals surface area contributed by atoms with Crippen LogP contribution < -0.4 is 11.2 Å². The van der Waals surface area contributed by atoms with Crippen LogP contribution in [-0.4, -0.2) is 43.0 Å². The lowest BCUT2D eigenvalue weighted by Gasteiger charge is -2.33. The van der Waals surface area contributed by atoms with Crippen molar-refractivity contribution >= 4 is 16.8 Å². The Kier molecular flexibility index (Phi) is 5.21. The first-order valence-corrected chi connectivity index (χ1v) is 11.2. The molecule has 0 aliphatic carbocycles. The number of rotatable bonds is 4. The second kappa shape index (κ2) is 8.17. The molecule has 3 aromatic rings. The summed E-state index contributed by atoms with van der Waals surface area (Å²) in [4.78, 5) is 46.4. The van der Waals surface area contributed by atoms with E-state index in [1.165, 1.54) is 23.1 Å². The lowest BCUT2D eigenvalue weighted by molar-refractivity contribution is -0.132. The van der Waals surface area contributed by atoms with Gasteiger partial charge in [-0.05, 0) is 44.2 Å². The van der Waals surface area contributed by atoms with Crippen molar-refractivity contribution < 1.29 is 4.79 Å². The highest BCUT2D eigenvalue weighted by molar-refractivity contribution is 5.79. The van der Waals surface area contributed by atoms with Crippen LogP contribution in [0.2, 0.25) is 0 Å². The minimum Gasteiger partial charge on any atom is -0.342 e. The van der Waals surface area contributed by atoms with Crippen LogP contribution in [0.1, 0.15) is 49.5 Å². The van der Waals surface area contributed by atoms with E-state index in [0.717, 1.165) is 38.2 Å². The first-order chi connectivity index (χ1) is 15.1. The predicted molar refractivity (Wildman–Crippen MR) is 117 cm³/mol. The van der Waals surface area contributed by atoms with Gasteiger partial charge in [-0.2, -0.15) is 0 Å². The van der Waals surface area contributed by atoms with Gasteiger partial charge in [-0.1, -0.05) is 12.1 Å². The fourth-order valence-electron chi connectivity index (χ4n) is 5.03. The highest BCUT2D eigenvalue weighted by Crippen LogP contribution is 2.29. The number of aromatic amines is 1. The molecule has 2 aliphatic rings. The van der Waals surface area contributed by atoms with Crippen LogP contribution in [0, 0.1) is 0 Å². The molecular weight excluding hydrogens is 394 g/mol. The number of likely N-dealkylation sites (tertiary alicyclic amines) is 1. The molecule has 1 saturated heterocycles. The van der Waals surface area contributed by atoms with E-state index in [-0.39, 0.29) is 24.8 Å². The van der Waals surface area contributed by atoms with Gasteiger partial charge in [0.1, 0.15) is 5.82 Å². The van der Waals surface area contributed by atoms with E-state index in [0.29, 0.717) is 17.4 Å². The van der Waals surface area contributed by atoms with Crippen LogP contribution in [0.3, 0.4) is 0 Å². The van der Waals surface area contributed by atoms with Gasteiger partial charge in [-0.25, -0.2) is 9.78 Å². The zero-order valence-electron chi connectivity index (χ0n) is 17.5. The van der Waals surface area contributed by atoms with Crippen molar-refractivity contribution in [2.24, 2.45) is 0 Å². The Morgan fingerprint density at radius 1 is 1.13 bits per heavy atom. The van der Waals surface area contributed by atoms with Gasteiger partial charge in [-0.3, -0.25) is 19.1 Å². The van der Waals surface area contributed by atoms with Gasteiger partial charge in [0.05, 0.1) is 10.9 Å². The number of hydrogen-bond donors (Lipinski definition) is 1. The predicted octanol–water partition coefficient (Wildman–Crippen LogP) is 2.02. The van der Waals surface area contributed by atoms with Crippen LogP contribution >= 0.6 is 0 Å². The second-order valence-electron chi connectivity index (χ2n) is 8.57. The molecule has 0 saturated carbocycles. The summed E-state index contributed by atoms with van der Waals surface area (Å²) in [6.07, 6.45) is 7.73. The van der Waals surface area contributed by atoms with E-state index >= 15 is 0 Å². The number of aromatic nitrogens is 4. The third kappa shape index (κ3) is 3.71. The monoisotopic (exact) mass is 421 g/mol. The maximum Gasteiger partial charge on any atom is 0.328 e. The molecule has 1 aromatic carbocycles. The number of H-pyrrole nitrogens is 1. The normalized spacial score (nSPS) is 18.8. The van der Waals surface area contributed by atoms with Gasteiger partial charge >= 0.3 is 5.69 Å². The summed E-state index contributed by atoms with van der Waals surface area (Å²) in [6.45, 7) is 2.69. The highest BCUT2D eigenvalue weighted by Gasteiger charge is 2.29. The van der Waals surface area contributed by atoms with Gasteiger partial charge in [-0.15, -0.1) is 0 Å². The summed E-state index contributed by atoms with van der Waals surface area (Å²) in [6, 6.07) is 6.99. The molecule has 162 valence electrons. The number of nitrogens with zero attached hydrogens (tertiary/aromatic N) is 4. The standard InChI is InChI=1S/C23H27N5O3/c29-20(10-13-28-19-9-2-1-8-18(19)22(30)25-23(28)31)26-11-5-6-16(15-26)21-24-14-17-7-3-4-12-27(17)21/h1-2,8-9,14,16H,3-7,10-13,15H2,(H,25,30,31)/t16-/m1/s1. The maximum absolute atomic E-state index is 13.0. The molecule has 31 heavy (non-hydrogen) atoms. The second-order valence-corrected chi connectivity index (χ2v) is 8.57. The van der Waals surface area contributed by atoms with E-state index in [1.807, 2.05) is 11.1 Å². The number of hydrogen-bond acceptors (Lipinski definition) is 4. The van der Waals surface area contributed by atoms with Crippen molar-refractivity contribution in [3.05, 3.63) is 62.8 Å². The smallest absolute Gasteiger partial charge is 0.328 e. The lowest BCUT2D eigenvalue weighted by atomic mass is 9.96. The highest BCUT2D eigenvalue weighted by atomic mass is 16.2. The van der Waals surface area contributed by atoms with Crippen LogP contribution in [0.4, 0.5) is 0 Å². The molecule has 1 N–H and O–H groups in total. The number of carbonyl (C=O) groups excluding carboxylic acids is 1. The fraction of sp³-hybridized carbons (Fsp3) is 0.478. The van der Waals surface area contributed by atoms with Gasteiger partial charge in [0.25, 0.3) is 5.56 Å². The van der Waals surface area contributed by atoms with E-state index in [4.69, 9.17) is 4.98 Å². The Bertz CT molecular complexity index is 1240. The summed E-state index contributed by atoms with van der Waals surface area (Å²) >= 11 is 0. The number of amides is 1. The number of para-hydroxylation sites is 1. The summed E-state index contributed by atoms with van der Waals surface area (Å²) < 4.78 is 3.84. The molecule has 4 heterocycles. The maximum atomic E-state index is 13.0. The third-order valence-corrected chi connectivity index (χ3v) is 6.63. The Balaban J connectivity index is 1.30. The number of nitrogens with one attached hydrogen (secondary N) is 1. The number of carbonyl (C=O) groups is 1. The Morgan fingerprint density at radius 2 is 2.00 bits per heavy atom. The molecule has 8 nitrogen and oxygen atoms in total. The van der Waals surface area contributed by atoms with Gasteiger partial charge in [0.2, 0.25) is 5.91 Å². The van der Waals surface area contributed by atoms with Crippen LogP contribution in [0.5, 0.6) is 0 Å². The molecule has 0 radical (unpaired) electrons. The van der Waals surface area contributed by atoms with Crippen molar-refractivity contribution in [2.45, 2.75) is 57.5 Å². The number of fused-ring (bicyclic) bond motifs is 2. The molecule has 0 bridgehead atoms. The Morgan fingerprint density at radius 3 is 2.90 bits per heavy atom. The topological polar surface area (TPSA) is 93.0 Å². The number of aryl methyl sites for hydroxylation is 2. The summed E-state index contributed by atoms with van der Waals surface area (Å²) in [7, 11) is 0. The van der Waals surface area contributed by atoms with Crippen molar-refractivity contribution in [2.75, 3.05) is 13.1 Å². The lowest BCUT2D eigenvalue weighted by Crippen LogP contribution is -2.41. The van der Waals surface area contributed by atoms with E-state index in [2.05, 4.69) is 9.55 Å². The molecule has 1 atom stereocenters. The number of piperidine rings is 1. The van der Waals surface area contributed by atoms with Crippen molar-refractivity contribution in [3.8, 4) is 0 Å². The summed E-state index contributed by atoms with van der Waals surface area (Å²) in [5.41, 5.74) is 1.00. The fourth-order valence-corrected chi connectivity index (χ4v) is 5.03. The molecule has 0 spiro atoms. The van der Waals surface area contributed by atoms with E-state index in [9.17, 15) is 14.4 Å². The summed E-state index contributed by atoms with van der Waals surface area (Å²) in [5, 5.41) is 0.455. The molecule has 0 unspecified atom stereocenters. The molecule has 2 aromatic heterocycles. The zero-order valence-corrected chi connectivity index (χ0v) is 17.5. The Labute approximate surface area is 179 Å². The number of benzene rings is 1. The molecular formula is C23H27N5O3. The van der Waals surface area contributed by atoms with Gasteiger partial charge < -0.3 is 9.47 Å². The SMILES string of the molecule is O=C(CCn1c(=O)[nH]c(=O)c2ccccc21)N1CCC[C@@H](c2ncc3n2CCCC3)C1. The molecule has 5 rings (SSSR count). The molecule has 8 heteroatoms. The number of imidazole rings is 1. The van der Waals surface area contributed by atoms with Crippen molar-refractivity contribution in [1.82, 2.24) is 24.0 Å². The van der Waals surface area contributed by atoms with Crippen LogP contribution in [0.25, 0.3) is 10.9 Å². The summed E-state index contributed by atoms with van der Waals surface area (Å²) in [5.74, 6) is 1.42. The Hall–Kier alpha value is -3.16. The average Bonchev–Trinajstić information content (AvgIpc) is 3.23. The van der Waals surface area contributed by atoms with Crippen LogP contribution in [0.15, 0.2) is 40.1 Å². The first kappa shape index (κ1) is 19.8. The van der Waals surface area contributed by atoms with Gasteiger partial charge in [0.15, 0.2) is 0 Å². The van der Waals surface area contributed by atoms with Crippen molar-refractivity contribution in [1.29, 1.82) is 0 Å². The minimum absolute atomic E-state index is 0.0392. The largest absolute Gasteiger partial charge is 0.342 e. The first-order valence-electron chi connectivity index (χ1n) is 11.2. The zero-order chi connectivity index (χ0) is 21.4. The van der Waals surface area contributed by atoms with Crippen molar-refractivity contribution in [3.63, 3.8) is 0 Å². The molecule has 2 aliphatic heterocycles. The minimum atomic E-state index is -0.475. The van der Waals surface area contributed by atoms with Gasteiger partial charge in [0, 0.05) is 50.4 Å². The van der Waals surface area contributed by atoms with Crippen LogP contribution in [-0.2, 0) is 24.3 Å². The quantitative estimate of drug-likeness (QED) is 0.698.